The van der Waals surface area contributed by atoms with Crippen molar-refractivity contribution in [3.05, 3.63) is 58.6 Å². The number of aromatic hydroxyl groups is 1. The number of phenolic OH excluding ortho intramolecular Hbond substituents is 1. The highest BCUT2D eigenvalue weighted by Crippen LogP contribution is 2.23. The molecule has 0 aromatic heterocycles. The number of benzene rings is 2. The summed E-state index contributed by atoms with van der Waals surface area (Å²) in [5.41, 5.74) is 6.71. The number of nitrogen functional groups attached to an aromatic ring is 1. The number of hydrogen-bond donors (Lipinski definition) is 3. The van der Waals surface area contributed by atoms with Crippen molar-refractivity contribution in [2.45, 2.75) is 6.61 Å². The standard InChI is InChI=1S/C14H13ClN2O2/c15-13-7-11(4-5-12(13)14(16)17)19-8-9-2-1-3-10(18)6-9/h1-7,18H,8H2,(H3,16,17). The smallest absolute Gasteiger partial charge is 0.124 e. The van der Waals surface area contributed by atoms with Crippen LogP contribution < -0.4 is 10.5 Å². The zero-order valence-corrected chi connectivity index (χ0v) is 10.8. The molecule has 0 saturated heterocycles. The average Bonchev–Trinajstić information content (AvgIpc) is 2.36. The van der Waals surface area contributed by atoms with Gasteiger partial charge in [-0.2, -0.15) is 0 Å². The number of rotatable bonds is 4. The minimum absolute atomic E-state index is 0.0791. The van der Waals surface area contributed by atoms with Gasteiger partial charge in [-0.05, 0) is 35.9 Å². The van der Waals surface area contributed by atoms with Gasteiger partial charge in [0.25, 0.3) is 0 Å². The molecule has 0 spiro atoms. The van der Waals surface area contributed by atoms with E-state index in [2.05, 4.69) is 0 Å². The summed E-state index contributed by atoms with van der Waals surface area (Å²) in [6.45, 7) is 0.324. The molecule has 0 radical (unpaired) electrons. The van der Waals surface area contributed by atoms with Gasteiger partial charge < -0.3 is 15.6 Å². The number of phenols is 1. The summed E-state index contributed by atoms with van der Waals surface area (Å²) in [6.07, 6.45) is 0. The maximum Gasteiger partial charge on any atom is 0.124 e. The molecule has 0 atom stereocenters. The van der Waals surface area contributed by atoms with E-state index < -0.39 is 0 Å². The van der Waals surface area contributed by atoms with Crippen LogP contribution in [0.25, 0.3) is 0 Å². The van der Waals surface area contributed by atoms with Crippen LogP contribution in [-0.2, 0) is 6.61 Å². The summed E-state index contributed by atoms with van der Waals surface area (Å²) in [6, 6.07) is 11.8. The lowest BCUT2D eigenvalue weighted by molar-refractivity contribution is 0.305. The van der Waals surface area contributed by atoms with E-state index in [1.165, 1.54) is 0 Å². The number of nitrogens with one attached hydrogen (secondary N) is 1. The van der Waals surface area contributed by atoms with Crippen molar-refractivity contribution in [2.24, 2.45) is 5.73 Å². The van der Waals surface area contributed by atoms with Crippen LogP contribution in [0.3, 0.4) is 0 Å². The first kappa shape index (κ1) is 13.2. The fraction of sp³-hybridized carbons (Fsp3) is 0.0714. The Balaban J connectivity index is 2.08. The van der Waals surface area contributed by atoms with Gasteiger partial charge in [0.1, 0.15) is 23.9 Å². The largest absolute Gasteiger partial charge is 0.508 e. The van der Waals surface area contributed by atoms with Crippen LogP contribution in [0.5, 0.6) is 11.5 Å². The molecule has 19 heavy (non-hydrogen) atoms. The first-order valence-electron chi connectivity index (χ1n) is 5.61. The van der Waals surface area contributed by atoms with Gasteiger partial charge in [-0.25, -0.2) is 0 Å². The molecule has 0 heterocycles. The SMILES string of the molecule is N=C(N)c1ccc(OCc2cccc(O)c2)cc1Cl. The quantitative estimate of drug-likeness (QED) is 0.593. The van der Waals surface area contributed by atoms with Gasteiger partial charge in [-0.1, -0.05) is 23.7 Å². The zero-order valence-electron chi connectivity index (χ0n) is 10.1. The monoisotopic (exact) mass is 276 g/mol. The second-order valence-electron chi connectivity index (χ2n) is 4.01. The molecule has 4 nitrogen and oxygen atoms in total. The molecular weight excluding hydrogens is 264 g/mol. The lowest BCUT2D eigenvalue weighted by atomic mass is 10.2. The topological polar surface area (TPSA) is 79.3 Å². The van der Waals surface area contributed by atoms with Crippen LogP contribution in [-0.4, -0.2) is 10.9 Å². The van der Waals surface area contributed by atoms with E-state index in [1.807, 2.05) is 6.07 Å². The Labute approximate surface area is 115 Å². The lowest BCUT2D eigenvalue weighted by Gasteiger charge is -2.09. The van der Waals surface area contributed by atoms with Crippen LogP contribution in [0.1, 0.15) is 11.1 Å². The van der Waals surface area contributed by atoms with E-state index in [0.717, 1.165) is 5.56 Å². The van der Waals surface area contributed by atoms with E-state index in [-0.39, 0.29) is 11.6 Å². The van der Waals surface area contributed by atoms with Crippen molar-refractivity contribution in [3.63, 3.8) is 0 Å². The summed E-state index contributed by atoms with van der Waals surface area (Å²) in [4.78, 5) is 0. The fourth-order valence-corrected chi connectivity index (χ4v) is 1.89. The molecule has 4 N–H and O–H groups in total. The molecule has 2 rings (SSSR count). The Kier molecular flexibility index (Phi) is 3.92. The predicted octanol–water partition coefficient (Wildman–Crippen LogP) is 2.91. The Hall–Kier alpha value is -2.20. The highest BCUT2D eigenvalue weighted by Gasteiger charge is 2.05. The number of halogens is 1. The molecule has 0 bridgehead atoms. The maximum absolute atomic E-state index is 9.34. The number of hydrogen-bond acceptors (Lipinski definition) is 3. The van der Waals surface area contributed by atoms with Gasteiger partial charge in [-0.15, -0.1) is 0 Å². The second-order valence-corrected chi connectivity index (χ2v) is 4.42. The van der Waals surface area contributed by atoms with Gasteiger partial charge in [0, 0.05) is 5.56 Å². The van der Waals surface area contributed by atoms with Gasteiger partial charge in [0.05, 0.1) is 5.02 Å². The molecule has 0 aliphatic rings. The lowest BCUT2D eigenvalue weighted by Crippen LogP contribution is -2.11. The Morgan fingerprint density at radius 3 is 2.68 bits per heavy atom. The Bertz CT molecular complexity index is 614. The summed E-state index contributed by atoms with van der Waals surface area (Å²) in [5, 5.41) is 17.0. The molecule has 2 aromatic carbocycles. The molecule has 2 aromatic rings. The number of nitrogens with two attached hydrogens (primary N) is 1. The number of ether oxygens (including phenoxy) is 1. The second kappa shape index (κ2) is 5.63. The summed E-state index contributed by atoms with van der Waals surface area (Å²) in [7, 11) is 0. The fourth-order valence-electron chi connectivity index (χ4n) is 1.62. The molecular formula is C14H13ClN2O2. The van der Waals surface area contributed by atoms with Crippen LogP contribution in [0.15, 0.2) is 42.5 Å². The van der Waals surface area contributed by atoms with Gasteiger partial charge in [0.15, 0.2) is 0 Å². The van der Waals surface area contributed by atoms with Gasteiger partial charge in [-0.3, -0.25) is 5.41 Å². The van der Waals surface area contributed by atoms with Crippen LogP contribution >= 0.6 is 11.6 Å². The van der Waals surface area contributed by atoms with E-state index in [0.29, 0.717) is 22.9 Å². The molecule has 0 aliphatic heterocycles. The minimum Gasteiger partial charge on any atom is -0.508 e. The van der Waals surface area contributed by atoms with Gasteiger partial charge >= 0.3 is 0 Å². The predicted molar refractivity (Wildman–Crippen MR) is 74.9 cm³/mol. The normalized spacial score (nSPS) is 10.2. The Morgan fingerprint density at radius 2 is 2.05 bits per heavy atom. The van der Waals surface area contributed by atoms with Crippen LogP contribution in [0.4, 0.5) is 0 Å². The van der Waals surface area contributed by atoms with Crippen molar-refractivity contribution in [3.8, 4) is 11.5 Å². The van der Waals surface area contributed by atoms with Crippen molar-refractivity contribution in [1.82, 2.24) is 0 Å². The molecule has 0 saturated carbocycles. The highest BCUT2D eigenvalue weighted by molar-refractivity contribution is 6.34. The molecule has 0 unspecified atom stereocenters. The van der Waals surface area contributed by atoms with Crippen molar-refractivity contribution < 1.29 is 9.84 Å². The summed E-state index contributed by atoms with van der Waals surface area (Å²) < 4.78 is 5.56. The van der Waals surface area contributed by atoms with E-state index in [4.69, 9.17) is 27.5 Å². The third-order valence-electron chi connectivity index (χ3n) is 2.55. The van der Waals surface area contributed by atoms with Crippen LogP contribution in [0.2, 0.25) is 5.02 Å². The molecule has 98 valence electrons. The van der Waals surface area contributed by atoms with Crippen molar-refractivity contribution >= 4 is 17.4 Å². The molecule has 0 amide bonds. The van der Waals surface area contributed by atoms with E-state index in [9.17, 15) is 5.11 Å². The summed E-state index contributed by atoms with van der Waals surface area (Å²) >= 11 is 5.99. The van der Waals surface area contributed by atoms with Crippen LogP contribution in [0, 0.1) is 5.41 Å². The summed E-state index contributed by atoms with van der Waals surface area (Å²) in [5.74, 6) is 0.703. The van der Waals surface area contributed by atoms with Gasteiger partial charge in [0.2, 0.25) is 0 Å². The van der Waals surface area contributed by atoms with E-state index in [1.54, 1.807) is 36.4 Å². The zero-order chi connectivity index (χ0) is 13.8. The first-order valence-corrected chi connectivity index (χ1v) is 5.98. The highest BCUT2D eigenvalue weighted by atomic mass is 35.5. The maximum atomic E-state index is 9.34. The molecule has 5 heteroatoms. The minimum atomic E-state index is -0.0791. The first-order chi connectivity index (χ1) is 9.06. The van der Waals surface area contributed by atoms with E-state index >= 15 is 0 Å². The van der Waals surface area contributed by atoms with Crippen molar-refractivity contribution in [1.29, 1.82) is 5.41 Å². The Morgan fingerprint density at radius 1 is 1.26 bits per heavy atom. The van der Waals surface area contributed by atoms with Crippen molar-refractivity contribution in [2.75, 3.05) is 0 Å². The molecule has 0 fully saturated rings. The average molecular weight is 277 g/mol. The number of amidine groups is 1. The molecule has 0 aliphatic carbocycles. The third kappa shape index (κ3) is 3.39. The third-order valence-corrected chi connectivity index (χ3v) is 2.86.